The maximum Gasteiger partial charge on any atom is 0.309 e. The summed E-state index contributed by atoms with van der Waals surface area (Å²) < 4.78 is 4.56. The van der Waals surface area contributed by atoms with Crippen LogP contribution in [0.2, 0.25) is 0 Å². The highest BCUT2D eigenvalue weighted by Crippen LogP contribution is 2.12. The Morgan fingerprint density at radius 3 is 2.53 bits per heavy atom. The number of allylic oxidation sites excluding steroid dienone is 2. The fourth-order valence-corrected chi connectivity index (χ4v) is 1.07. The van der Waals surface area contributed by atoms with Gasteiger partial charge in [0, 0.05) is 13.5 Å². The van der Waals surface area contributed by atoms with Crippen molar-refractivity contribution in [2.45, 2.75) is 19.8 Å². The zero-order chi connectivity index (χ0) is 11.8. The summed E-state index contributed by atoms with van der Waals surface area (Å²) in [6.07, 6.45) is 3.96. The number of esters is 1. The van der Waals surface area contributed by atoms with Gasteiger partial charge in [0.15, 0.2) is 0 Å². The summed E-state index contributed by atoms with van der Waals surface area (Å²) >= 11 is 0. The highest BCUT2D eigenvalue weighted by Gasteiger charge is 2.22. The molecule has 0 fully saturated rings. The summed E-state index contributed by atoms with van der Waals surface area (Å²) in [7, 11) is 2.50. The van der Waals surface area contributed by atoms with Gasteiger partial charge in [-0.2, -0.15) is 0 Å². The predicted molar refractivity (Wildman–Crippen MR) is 54.1 cm³/mol. The number of methoxy groups -OCH3 is 1. The molecule has 86 valence electrons. The lowest BCUT2D eigenvalue weighted by molar-refractivity contribution is -0.163. The largest absolute Gasteiger partial charge is 0.469 e. The molecule has 1 N–H and O–H groups in total. The van der Waals surface area contributed by atoms with Crippen LogP contribution in [0.4, 0.5) is 0 Å². The topological polar surface area (TPSA) is 66.8 Å². The molecule has 0 heterocycles. The molecule has 0 spiro atoms. The number of hydrogen-bond acceptors (Lipinski definition) is 4. The second kappa shape index (κ2) is 7.00. The van der Waals surface area contributed by atoms with Gasteiger partial charge >= 0.3 is 5.97 Å². The summed E-state index contributed by atoms with van der Waals surface area (Å²) in [4.78, 5) is 22.4. The van der Waals surface area contributed by atoms with Crippen LogP contribution in [-0.2, 0) is 14.3 Å². The minimum Gasteiger partial charge on any atom is -0.469 e. The molecule has 1 unspecified atom stereocenters. The van der Waals surface area contributed by atoms with E-state index in [4.69, 9.17) is 5.21 Å². The third kappa shape index (κ3) is 5.17. The monoisotopic (exact) mass is 215 g/mol. The predicted octanol–water partition coefficient (Wildman–Crippen LogP) is 0.980. The molecule has 5 heteroatoms. The number of ether oxygens (including phenoxy) is 1. The molecule has 1 atom stereocenters. The van der Waals surface area contributed by atoms with Crippen molar-refractivity contribution in [2.75, 3.05) is 14.2 Å². The van der Waals surface area contributed by atoms with Crippen LogP contribution < -0.4 is 0 Å². The van der Waals surface area contributed by atoms with Crippen molar-refractivity contribution in [1.29, 1.82) is 0 Å². The van der Waals surface area contributed by atoms with E-state index in [1.54, 1.807) is 12.2 Å². The van der Waals surface area contributed by atoms with Crippen LogP contribution in [-0.4, -0.2) is 36.3 Å². The molecular weight excluding hydrogens is 198 g/mol. The quantitative estimate of drug-likeness (QED) is 0.321. The third-order valence-electron chi connectivity index (χ3n) is 1.97. The first-order chi connectivity index (χ1) is 7.02. The van der Waals surface area contributed by atoms with Crippen LogP contribution in [0.15, 0.2) is 12.2 Å². The summed E-state index contributed by atoms with van der Waals surface area (Å²) in [6.45, 7) is 1.83. The number of hydrogen-bond donors (Lipinski definition) is 1. The maximum atomic E-state index is 11.3. The molecule has 5 nitrogen and oxygen atoms in total. The van der Waals surface area contributed by atoms with Crippen molar-refractivity contribution in [2.24, 2.45) is 5.92 Å². The number of hydroxylamine groups is 2. The Bertz CT molecular complexity index is 248. The van der Waals surface area contributed by atoms with Gasteiger partial charge < -0.3 is 4.74 Å². The Morgan fingerprint density at radius 1 is 1.53 bits per heavy atom. The average Bonchev–Trinajstić information content (AvgIpc) is 2.22. The van der Waals surface area contributed by atoms with Crippen molar-refractivity contribution in [1.82, 2.24) is 5.06 Å². The van der Waals surface area contributed by atoms with E-state index < -0.39 is 17.8 Å². The van der Waals surface area contributed by atoms with Crippen molar-refractivity contribution in [3.05, 3.63) is 12.2 Å². The zero-order valence-electron chi connectivity index (χ0n) is 9.27. The van der Waals surface area contributed by atoms with Gasteiger partial charge in [0.1, 0.15) is 0 Å². The van der Waals surface area contributed by atoms with Crippen LogP contribution in [0.3, 0.4) is 0 Å². The molecule has 0 saturated carbocycles. The molecular formula is C10H17NO4. The first kappa shape index (κ1) is 13.6. The molecule has 0 aliphatic carbocycles. The van der Waals surface area contributed by atoms with E-state index in [1.807, 2.05) is 6.92 Å². The molecule has 0 rings (SSSR count). The SMILES string of the molecule is CC=CCC(CC(=O)N(C)O)C(=O)OC. The van der Waals surface area contributed by atoms with E-state index in [2.05, 4.69) is 4.74 Å². The van der Waals surface area contributed by atoms with Gasteiger partial charge in [-0.15, -0.1) is 0 Å². The number of amides is 1. The van der Waals surface area contributed by atoms with E-state index in [-0.39, 0.29) is 6.42 Å². The van der Waals surface area contributed by atoms with Gasteiger partial charge in [-0.05, 0) is 13.3 Å². The van der Waals surface area contributed by atoms with Gasteiger partial charge in [0.2, 0.25) is 5.91 Å². The average molecular weight is 215 g/mol. The second-order valence-electron chi connectivity index (χ2n) is 3.15. The van der Waals surface area contributed by atoms with Crippen molar-refractivity contribution in [3.63, 3.8) is 0 Å². The van der Waals surface area contributed by atoms with Crippen LogP contribution in [0.25, 0.3) is 0 Å². The molecule has 0 aromatic heterocycles. The fourth-order valence-electron chi connectivity index (χ4n) is 1.07. The van der Waals surface area contributed by atoms with Crippen LogP contribution in [0.5, 0.6) is 0 Å². The number of nitrogens with zero attached hydrogens (tertiary/aromatic N) is 1. The molecule has 1 amide bonds. The van der Waals surface area contributed by atoms with E-state index in [0.29, 0.717) is 11.5 Å². The Morgan fingerprint density at radius 2 is 2.13 bits per heavy atom. The lowest BCUT2D eigenvalue weighted by atomic mass is 10.0. The number of rotatable bonds is 5. The summed E-state index contributed by atoms with van der Waals surface area (Å²) in [5, 5.41) is 9.34. The minimum absolute atomic E-state index is 0.0516. The molecule has 0 aromatic carbocycles. The highest BCUT2D eigenvalue weighted by molar-refractivity contribution is 5.82. The minimum atomic E-state index is -0.534. The summed E-state index contributed by atoms with van der Waals surface area (Å²) in [6, 6.07) is 0. The Labute approximate surface area is 89.3 Å². The molecule has 0 radical (unpaired) electrons. The lowest BCUT2D eigenvalue weighted by Crippen LogP contribution is -2.28. The van der Waals surface area contributed by atoms with Gasteiger partial charge in [-0.3, -0.25) is 14.8 Å². The van der Waals surface area contributed by atoms with Gasteiger partial charge in [0.25, 0.3) is 0 Å². The van der Waals surface area contributed by atoms with E-state index >= 15 is 0 Å². The fraction of sp³-hybridized carbons (Fsp3) is 0.600. The van der Waals surface area contributed by atoms with Crippen molar-refractivity contribution < 1.29 is 19.5 Å². The Hall–Kier alpha value is -1.36. The molecule has 0 aliphatic heterocycles. The highest BCUT2D eigenvalue weighted by atomic mass is 16.5. The smallest absolute Gasteiger partial charge is 0.309 e. The molecule has 15 heavy (non-hydrogen) atoms. The zero-order valence-corrected chi connectivity index (χ0v) is 9.27. The van der Waals surface area contributed by atoms with E-state index in [0.717, 1.165) is 0 Å². The molecule has 0 aromatic rings. The van der Waals surface area contributed by atoms with E-state index in [1.165, 1.54) is 14.2 Å². The molecule has 0 saturated heterocycles. The second-order valence-corrected chi connectivity index (χ2v) is 3.15. The first-order valence-electron chi connectivity index (χ1n) is 4.67. The van der Waals surface area contributed by atoms with Gasteiger partial charge in [0.05, 0.1) is 13.0 Å². The van der Waals surface area contributed by atoms with Crippen molar-refractivity contribution >= 4 is 11.9 Å². The number of carbonyl (C=O) groups is 2. The third-order valence-corrected chi connectivity index (χ3v) is 1.97. The standard InChI is InChI=1S/C10H17NO4/c1-4-5-6-8(10(13)15-3)7-9(12)11(2)14/h4-5,8,14H,6-7H2,1-3H3. The molecule has 0 bridgehead atoms. The summed E-state index contributed by atoms with van der Waals surface area (Å²) in [5.74, 6) is -1.48. The Kier molecular flexibility index (Phi) is 6.37. The summed E-state index contributed by atoms with van der Waals surface area (Å²) in [5.41, 5.74) is 0. The molecule has 0 aliphatic rings. The van der Waals surface area contributed by atoms with Crippen LogP contribution in [0.1, 0.15) is 19.8 Å². The lowest BCUT2D eigenvalue weighted by Gasteiger charge is -2.14. The van der Waals surface area contributed by atoms with Crippen LogP contribution >= 0.6 is 0 Å². The normalized spacial score (nSPS) is 12.5. The first-order valence-corrected chi connectivity index (χ1v) is 4.67. The van der Waals surface area contributed by atoms with Gasteiger partial charge in [-0.1, -0.05) is 12.2 Å². The Balaban J connectivity index is 4.36. The van der Waals surface area contributed by atoms with Gasteiger partial charge in [-0.25, -0.2) is 5.06 Å². The van der Waals surface area contributed by atoms with E-state index in [9.17, 15) is 9.59 Å². The van der Waals surface area contributed by atoms with Crippen molar-refractivity contribution in [3.8, 4) is 0 Å². The van der Waals surface area contributed by atoms with Crippen LogP contribution in [0, 0.1) is 5.92 Å². The number of carbonyl (C=O) groups excluding carboxylic acids is 2. The maximum absolute atomic E-state index is 11.3.